The topological polar surface area (TPSA) is 38.0 Å². The molecule has 0 fully saturated rings. The lowest BCUT2D eigenvalue weighted by Gasteiger charge is -2.16. The van der Waals surface area contributed by atoms with E-state index in [1.165, 1.54) is 5.56 Å². The number of hydrogen-bond acceptors (Lipinski definition) is 2. The standard InChI is InChI=1S/C15H18N2/c16-11-14(13-7-3-1-4-8-13)12-17-15-9-5-2-6-10-15/h1-10,14,17H,11-12,16H2. The first-order valence-corrected chi connectivity index (χ1v) is 5.94. The van der Waals surface area contributed by atoms with Gasteiger partial charge in [-0.25, -0.2) is 0 Å². The minimum atomic E-state index is 0.358. The lowest BCUT2D eigenvalue weighted by molar-refractivity contribution is 0.731. The van der Waals surface area contributed by atoms with Gasteiger partial charge in [0.25, 0.3) is 0 Å². The van der Waals surface area contributed by atoms with Gasteiger partial charge in [-0.1, -0.05) is 48.5 Å². The van der Waals surface area contributed by atoms with Crippen LogP contribution in [0.4, 0.5) is 5.69 Å². The van der Waals surface area contributed by atoms with Crippen molar-refractivity contribution >= 4 is 5.69 Å². The predicted molar refractivity (Wildman–Crippen MR) is 73.2 cm³/mol. The first-order valence-electron chi connectivity index (χ1n) is 5.94. The Balaban J connectivity index is 1.97. The second-order valence-corrected chi connectivity index (χ2v) is 4.09. The van der Waals surface area contributed by atoms with Crippen molar-refractivity contribution in [3.8, 4) is 0 Å². The van der Waals surface area contributed by atoms with Crippen molar-refractivity contribution in [3.05, 3.63) is 66.2 Å². The van der Waals surface area contributed by atoms with Crippen LogP contribution in [0.1, 0.15) is 11.5 Å². The fraction of sp³-hybridized carbons (Fsp3) is 0.200. The van der Waals surface area contributed by atoms with Crippen LogP contribution >= 0.6 is 0 Å². The second-order valence-electron chi connectivity index (χ2n) is 4.09. The van der Waals surface area contributed by atoms with Gasteiger partial charge in [0.1, 0.15) is 0 Å². The molecule has 0 saturated heterocycles. The lowest BCUT2D eigenvalue weighted by Crippen LogP contribution is -2.20. The largest absolute Gasteiger partial charge is 0.384 e. The summed E-state index contributed by atoms with van der Waals surface area (Å²) >= 11 is 0. The van der Waals surface area contributed by atoms with Crippen molar-refractivity contribution in [3.63, 3.8) is 0 Å². The average molecular weight is 226 g/mol. The zero-order chi connectivity index (χ0) is 11.9. The highest BCUT2D eigenvalue weighted by Crippen LogP contribution is 2.15. The van der Waals surface area contributed by atoms with E-state index in [2.05, 4.69) is 41.7 Å². The Hall–Kier alpha value is -1.80. The zero-order valence-corrected chi connectivity index (χ0v) is 9.84. The molecular formula is C15H18N2. The third-order valence-electron chi connectivity index (χ3n) is 2.88. The van der Waals surface area contributed by atoms with Crippen LogP contribution in [-0.2, 0) is 0 Å². The van der Waals surface area contributed by atoms with Gasteiger partial charge in [0.2, 0.25) is 0 Å². The Labute approximate surface area is 102 Å². The molecule has 0 saturated carbocycles. The monoisotopic (exact) mass is 226 g/mol. The van der Waals surface area contributed by atoms with E-state index in [0.29, 0.717) is 12.5 Å². The van der Waals surface area contributed by atoms with E-state index in [1.54, 1.807) is 0 Å². The molecule has 0 spiro atoms. The Morgan fingerprint density at radius 1 is 0.882 bits per heavy atom. The van der Waals surface area contributed by atoms with E-state index >= 15 is 0 Å². The maximum atomic E-state index is 5.83. The van der Waals surface area contributed by atoms with E-state index in [4.69, 9.17) is 5.73 Å². The first-order chi connectivity index (χ1) is 8.40. The minimum Gasteiger partial charge on any atom is -0.384 e. The van der Waals surface area contributed by atoms with Gasteiger partial charge >= 0.3 is 0 Å². The van der Waals surface area contributed by atoms with E-state index in [-0.39, 0.29) is 0 Å². The quantitative estimate of drug-likeness (QED) is 0.822. The molecule has 0 heterocycles. The highest BCUT2D eigenvalue weighted by atomic mass is 14.9. The summed E-state index contributed by atoms with van der Waals surface area (Å²) in [5.41, 5.74) is 8.26. The smallest absolute Gasteiger partial charge is 0.0340 e. The fourth-order valence-electron chi connectivity index (χ4n) is 1.86. The Morgan fingerprint density at radius 2 is 1.47 bits per heavy atom. The molecule has 0 aliphatic carbocycles. The van der Waals surface area contributed by atoms with E-state index in [1.807, 2.05) is 24.3 Å². The van der Waals surface area contributed by atoms with Crippen molar-refractivity contribution in [1.82, 2.24) is 0 Å². The Morgan fingerprint density at radius 3 is 2.06 bits per heavy atom. The summed E-state index contributed by atoms with van der Waals surface area (Å²) in [5.74, 6) is 0.358. The molecule has 0 aliphatic rings. The van der Waals surface area contributed by atoms with E-state index < -0.39 is 0 Å². The number of nitrogens with two attached hydrogens (primary N) is 1. The van der Waals surface area contributed by atoms with E-state index in [9.17, 15) is 0 Å². The molecule has 2 aromatic rings. The van der Waals surface area contributed by atoms with Crippen molar-refractivity contribution in [2.45, 2.75) is 5.92 Å². The van der Waals surface area contributed by atoms with Crippen LogP contribution in [0.2, 0.25) is 0 Å². The van der Waals surface area contributed by atoms with Crippen LogP contribution in [-0.4, -0.2) is 13.1 Å². The van der Waals surface area contributed by atoms with Crippen molar-refractivity contribution in [2.24, 2.45) is 5.73 Å². The lowest BCUT2D eigenvalue weighted by atomic mass is 9.99. The van der Waals surface area contributed by atoms with Crippen molar-refractivity contribution in [2.75, 3.05) is 18.4 Å². The van der Waals surface area contributed by atoms with Crippen molar-refractivity contribution in [1.29, 1.82) is 0 Å². The summed E-state index contributed by atoms with van der Waals surface area (Å²) < 4.78 is 0. The molecule has 0 aliphatic heterocycles. The predicted octanol–water partition coefficient (Wildman–Crippen LogP) is 2.84. The van der Waals surface area contributed by atoms with Gasteiger partial charge in [-0.2, -0.15) is 0 Å². The fourth-order valence-corrected chi connectivity index (χ4v) is 1.86. The molecule has 2 rings (SSSR count). The summed E-state index contributed by atoms with van der Waals surface area (Å²) in [6, 6.07) is 20.6. The number of anilines is 1. The third-order valence-corrected chi connectivity index (χ3v) is 2.88. The molecule has 2 aromatic carbocycles. The third kappa shape index (κ3) is 3.33. The molecule has 0 radical (unpaired) electrons. The number of benzene rings is 2. The number of nitrogens with one attached hydrogen (secondary N) is 1. The van der Waals surface area contributed by atoms with Gasteiger partial charge < -0.3 is 11.1 Å². The van der Waals surface area contributed by atoms with Gasteiger partial charge in [-0.05, 0) is 17.7 Å². The Kier molecular flexibility index (Phi) is 4.17. The first kappa shape index (κ1) is 11.7. The van der Waals surface area contributed by atoms with Crippen LogP contribution in [0.5, 0.6) is 0 Å². The van der Waals surface area contributed by atoms with Crippen LogP contribution in [0.3, 0.4) is 0 Å². The van der Waals surface area contributed by atoms with Crippen LogP contribution < -0.4 is 11.1 Å². The molecule has 0 amide bonds. The highest BCUT2D eigenvalue weighted by molar-refractivity contribution is 5.43. The minimum absolute atomic E-state index is 0.358. The number of hydrogen-bond donors (Lipinski definition) is 2. The highest BCUT2D eigenvalue weighted by Gasteiger charge is 2.08. The SMILES string of the molecule is NCC(CNc1ccccc1)c1ccccc1. The molecule has 0 bridgehead atoms. The summed E-state index contributed by atoms with van der Waals surface area (Å²) in [5, 5.41) is 3.41. The molecule has 17 heavy (non-hydrogen) atoms. The molecule has 88 valence electrons. The average Bonchev–Trinajstić information content (AvgIpc) is 2.42. The molecule has 1 atom stereocenters. The van der Waals surface area contributed by atoms with Crippen molar-refractivity contribution < 1.29 is 0 Å². The Bertz CT molecular complexity index is 425. The van der Waals surface area contributed by atoms with Crippen LogP contribution in [0.25, 0.3) is 0 Å². The van der Waals surface area contributed by atoms with Gasteiger partial charge in [-0.3, -0.25) is 0 Å². The maximum Gasteiger partial charge on any atom is 0.0340 e. The maximum absolute atomic E-state index is 5.83. The molecule has 2 heteroatoms. The van der Waals surface area contributed by atoms with Crippen LogP contribution in [0.15, 0.2) is 60.7 Å². The van der Waals surface area contributed by atoms with Gasteiger partial charge in [0, 0.05) is 24.7 Å². The summed E-state index contributed by atoms with van der Waals surface area (Å²) in [6.45, 7) is 1.52. The van der Waals surface area contributed by atoms with Gasteiger partial charge in [-0.15, -0.1) is 0 Å². The molecular weight excluding hydrogens is 208 g/mol. The molecule has 0 aromatic heterocycles. The number of rotatable bonds is 5. The normalized spacial score (nSPS) is 12.1. The van der Waals surface area contributed by atoms with E-state index in [0.717, 1.165) is 12.2 Å². The molecule has 3 N–H and O–H groups in total. The second kappa shape index (κ2) is 6.06. The zero-order valence-electron chi connectivity index (χ0n) is 9.84. The number of para-hydroxylation sites is 1. The van der Waals surface area contributed by atoms with Crippen LogP contribution in [0, 0.1) is 0 Å². The van der Waals surface area contributed by atoms with Gasteiger partial charge in [0.05, 0.1) is 0 Å². The summed E-state index contributed by atoms with van der Waals surface area (Å²) in [7, 11) is 0. The summed E-state index contributed by atoms with van der Waals surface area (Å²) in [6.07, 6.45) is 0. The van der Waals surface area contributed by atoms with Gasteiger partial charge in [0.15, 0.2) is 0 Å². The molecule has 2 nitrogen and oxygen atoms in total. The molecule has 1 unspecified atom stereocenters. The summed E-state index contributed by atoms with van der Waals surface area (Å²) in [4.78, 5) is 0.